The van der Waals surface area contributed by atoms with Crippen LogP contribution in [0.2, 0.25) is 0 Å². The summed E-state index contributed by atoms with van der Waals surface area (Å²) >= 11 is 0. The van der Waals surface area contributed by atoms with Crippen LogP contribution < -0.4 is 10.8 Å². The lowest BCUT2D eigenvalue weighted by molar-refractivity contribution is 0.124. The molecule has 0 saturated heterocycles. The zero-order valence-electron chi connectivity index (χ0n) is 8.66. The van der Waals surface area contributed by atoms with Crippen LogP contribution in [0.5, 0.6) is 0 Å². The fourth-order valence-corrected chi connectivity index (χ4v) is 1.99. The third-order valence-corrected chi connectivity index (χ3v) is 2.96. The zero-order valence-corrected chi connectivity index (χ0v) is 8.66. The van der Waals surface area contributed by atoms with E-state index in [1.54, 1.807) is 0 Å². The van der Waals surface area contributed by atoms with Gasteiger partial charge < -0.3 is 4.90 Å². The van der Waals surface area contributed by atoms with Crippen molar-refractivity contribution in [2.75, 3.05) is 11.9 Å². The maximum atomic E-state index is 5.05. The number of nitrogens with zero attached hydrogens (tertiary/aromatic N) is 1. The molecule has 0 saturated carbocycles. The summed E-state index contributed by atoms with van der Waals surface area (Å²) in [5.74, 6) is 5.05. The fraction of sp³-hybridized carbons (Fsp3) is 0.455. The van der Waals surface area contributed by atoms with Crippen molar-refractivity contribution >= 4 is 5.69 Å². The molecular weight excluding hydrogens is 176 g/mol. The monoisotopic (exact) mass is 192 g/mol. The Hall–Kier alpha value is -1.06. The lowest BCUT2D eigenvalue weighted by Crippen LogP contribution is -2.23. The van der Waals surface area contributed by atoms with Crippen molar-refractivity contribution in [2.24, 2.45) is 5.90 Å². The first kappa shape index (κ1) is 9.49. The second-order valence-electron chi connectivity index (χ2n) is 3.94. The molecule has 0 bridgehead atoms. The van der Waals surface area contributed by atoms with E-state index in [2.05, 4.69) is 41.9 Å². The fourth-order valence-electron chi connectivity index (χ4n) is 1.99. The Balaban J connectivity index is 2.31. The van der Waals surface area contributed by atoms with E-state index in [-0.39, 0.29) is 0 Å². The lowest BCUT2D eigenvalue weighted by atomic mass is 10.1. The van der Waals surface area contributed by atoms with Gasteiger partial charge in [-0.15, -0.1) is 0 Å². The molecule has 2 rings (SSSR count). The molecule has 2 N–H and O–H groups in total. The molecule has 1 atom stereocenters. The smallest absolute Gasteiger partial charge is 0.0930 e. The predicted molar refractivity (Wildman–Crippen MR) is 57.0 cm³/mol. The summed E-state index contributed by atoms with van der Waals surface area (Å²) in [6.07, 6.45) is 1.13. The summed E-state index contributed by atoms with van der Waals surface area (Å²) in [7, 11) is 2.13. The van der Waals surface area contributed by atoms with Gasteiger partial charge in [-0.25, -0.2) is 5.90 Å². The molecule has 14 heavy (non-hydrogen) atoms. The van der Waals surface area contributed by atoms with E-state index in [1.165, 1.54) is 11.3 Å². The molecule has 0 amide bonds. The van der Waals surface area contributed by atoms with Crippen molar-refractivity contribution in [2.45, 2.75) is 26.0 Å². The minimum Gasteiger partial charge on any atom is -0.371 e. The van der Waals surface area contributed by atoms with Gasteiger partial charge in [0.05, 0.1) is 6.61 Å². The van der Waals surface area contributed by atoms with Gasteiger partial charge >= 0.3 is 0 Å². The Morgan fingerprint density at radius 1 is 1.57 bits per heavy atom. The highest BCUT2D eigenvalue weighted by molar-refractivity contribution is 5.60. The molecule has 1 aromatic rings. The number of benzene rings is 1. The molecule has 1 unspecified atom stereocenters. The number of hydrogen-bond acceptors (Lipinski definition) is 3. The molecule has 0 aliphatic carbocycles. The van der Waals surface area contributed by atoms with E-state index in [9.17, 15) is 0 Å². The summed E-state index contributed by atoms with van der Waals surface area (Å²) < 4.78 is 0. The number of rotatable bonds is 2. The summed E-state index contributed by atoms with van der Waals surface area (Å²) in [5, 5.41) is 0. The molecule has 1 aliphatic rings. The Kier molecular flexibility index (Phi) is 2.44. The molecule has 3 nitrogen and oxygen atoms in total. The maximum absolute atomic E-state index is 5.05. The predicted octanol–water partition coefficient (Wildman–Crippen LogP) is 1.46. The summed E-state index contributed by atoms with van der Waals surface area (Å²) in [6.45, 7) is 2.72. The van der Waals surface area contributed by atoms with Crippen LogP contribution in [0.3, 0.4) is 0 Å². The Labute approximate surface area is 84.4 Å². The minimum absolute atomic E-state index is 0.482. The standard InChI is InChI=1S/C11H16N2O/c1-8-5-10-4-3-9(7-14-12)6-11(10)13(8)2/h3-4,6,8H,5,7,12H2,1-2H3. The number of nitrogens with two attached hydrogens (primary N) is 1. The lowest BCUT2D eigenvalue weighted by Gasteiger charge is -2.18. The van der Waals surface area contributed by atoms with Gasteiger partial charge in [-0.05, 0) is 30.5 Å². The Morgan fingerprint density at radius 3 is 3.07 bits per heavy atom. The van der Waals surface area contributed by atoms with Crippen molar-refractivity contribution in [1.29, 1.82) is 0 Å². The second kappa shape index (κ2) is 3.59. The molecule has 1 aromatic carbocycles. The highest BCUT2D eigenvalue weighted by Crippen LogP contribution is 2.31. The molecule has 0 aromatic heterocycles. The van der Waals surface area contributed by atoms with Gasteiger partial charge in [0.25, 0.3) is 0 Å². The quantitative estimate of drug-likeness (QED) is 0.721. The van der Waals surface area contributed by atoms with Crippen molar-refractivity contribution < 1.29 is 4.84 Å². The second-order valence-corrected chi connectivity index (χ2v) is 3.94. The van der Waals surface area contributed by atoms with Crippen LogP contribution >= 0.6 is 0 Å². The van der Waals surface area contributed by atoms with Crippen molar-refractivity contribution in [3.05, 3.63) is 29.3 Å². The molecule has 3 heteroatoms. The summed E-state index contributed by atoms with van der Waals surface area (Å²) in [5.41, 5.74) is 3.86. The highest BCUT2D eigenvalue weighted by atomic mass is 16.6. The molecule has 0 radical (unpaired) electrons. The Bertz CT molecular complexity index is 338. The van der Waals surface area contributed by atoms with Gasteiger partial charge in [-0.1, -0.05) is 12.1 Å². The third-order valence-electron chi connectivity index (χ3n) is 2.96. The van der Waals surface area contributed by atoms with Gasteiger partial charge in [0.1, 0.15) is 0 Å². The third kappa shape index (κ3) is 1.49. The first-order valence-corrected chi connectivity index (χ1v) is 4.88. The van der Waals surface area contributed by atoms with Crippen molar-refractivity contribution in [3.63, 3.8) is 0 Å². The minimum atomic E-state index is 0.482. The molecular formula is C11H16N2O. The normalized spacial score (nSPS) is 19.9. The number of fused-ring (bicyclic) bond motifs is 1. The van der Waals surface area contributed by atoms with Crippen LogP contribution in [-0.4, -0.2) is 13.1 Å². The van der Waals surface area contributed by atoms with Gasteiger partial charge in [0.2, 0.25) is 0 Å². The van der Waals surface area contributed by atoms with Crippen LogP contribution in [0.1, 0.15) is 18.1 Å². The molecule has 0 spiro atoms. The van der Waals surface area contributed by atoms with Gasteiger partial charge in [0.15, 0.2) is 0 Å². The van der Waals surface area contributed by atoms with E-state index in [1.807, 2.05) is 0 Å². The van der Waals surface area contributed by atoms with Crippen LogP contribution in [0.4, 0.5) is 5.69 Å². The average molecular weight is 192 g/mol. The summed E-state index contributed by atoms with van der Waals surface area (Å²) in [4.78, 5) is 6.93. The topological polar surface area (TPSA) is 38.5 Å². The zero-order chi connectivity index (χ0) is 10.1. The first-order chi connectivity index (χ1) is 6.72. The van der Waals surface area contributed by atoms with Crippen LogP contribution in [0, 0.1) is 0 Å². The highest BCUT2D eigenvalue weighted by Gasteiger charge is 2.22. The van der Waals surface area contributed by atoms with E-state index in [0.717, 1.165) is 12.0 Å². The maximum Gasteiger partial charge on any atom is 0.0930 e. The van der Waals surface area contributed by atoms with Crippen LogP contribution in [-0.2, 0) is 17.9 Å². The van der Waals surface area contributed by atoms with E-state index in [4.69, 9.17) is 5.90 Å². The number of anilines is 1. The Morgan fingerprint density at radius 2 is 2.36 bits per heavy atom. The van der Waals surface area contributed by atoms with Crippen molar-refractivity contribution in [1.82, 2.24) is 0 Å². The van der Waals surface area contributed by atoms with Crippen LogP contribution in [0.15, 0.2) is 18.2 Å². The average Bonchev–Trinajstić information content (AvgIpc) is 2.45. The molecule has 76 valence electrons. The number of likely N-dealkylation sites (N-methyl/N-ethyl adjacent to an activating group) is 1. The van der Waals surface area contributed by atoms with Gasteiger partial charge in [-0.2, -0.15) is 0 Å². The SMILES string of the molecule is CC1Cc2ccc(CON)cc2N1C. The number of hydrogen-bond donors (Lipinski definition) is 1. The first-order valence-electron chi connectivity index (χ1n) is 4.88. The molecule has 1 heterocycles. The van der Waals surface area contributed by atoms with E-state index in [0.29, 0.717) is 12.6 Å². The van der Waals surface area contributed by atoms with Crippen LogP contribution in [0.25, 0.3) is 0 Å². The summed E-state index contributed by atoms with van der Waals surface area (Å²) in [6, 6.07) is 7.01. The van der Waals surface area contributed by atoms with E-state index >= 15 is 0 Å². The molecule has 0 fully saturated rings. The van der Waals surface area contributed by atoms with E-state index < -0.39 is 0 Å². The van der Waals surface area contributed by atoms with Crippen molar-refractivity contribution in [3.8, 4) is 0 Å². The largest absolute Gasteiger partial charge is 0.371 e. The molecule has 1 aliphatic heterocycles. The van der Waals surface area contributed by atoms with Gasteiger partial charge in [-0.3, -0.25) is 4.84 Å². The van der Waals surface area contributed by atoms with Gasteiger partial charge in [0, 0.05) is 18.8 Å².